The molecule has 2 aromatic heterocycles. The summed E-state index contributed by atoms with van der Waals surface area (Å²) in [6.45, 7) is 2.82. The third-order valence-electron chi connectivity index (χ3n) is 5.05. The number of methoxy groups -OCH3 is 1. The third kappa shape index (κ3) is 3.61. The number of furan rings is 1. The maximum absolute atomic E-state index is 11.6. The van der Waals surface area contributed by atoms with Gasteiger partial charge in [-0.1, -0.05) is 18.2 Å². The zero-order chi connectivity index (χ0) is 20.4. The van der Waals surface area contributed by atoms with Crippen molar-refractivity contribution in [3.63, 3.8) is 0 Å². The van der Waals surface area contributed by atoms with E-state index in [9.17, 15) is 4.79 Å². The molecule has 0 bridgehead atoms. The zero-order valence-corrected chi connectivity index (χ0v) is 17.0. The largest absolute Gasteiger partial charge is 0.465 e. The Morgan fingerprint density at radius 1 is 1.21 bits per heavy atom. The molecule has 0 spiro atoms. The molecule has 1 aliphatic heterocycles. The minimum absolute atomic E-state index is 0.0921. The van der Waals surface area contributed by atoms with E-state index in [1.807, 2.05) is 42.5 Å². The highest BCUT2D eigenvalue weighted by molar-refractivity contribution is 7.80. The third-order valence-corrected chi connectivity index (χ3v) is 5.40. The highest BCUT2D eigenvalue weighted by Gasteiger charge is 2.40. The SMILES string of the molecule is CCN1C(=S)N[C@H](c2ccccn2)[C@@H]1c1ccc(-c2ccc(C(=O)OC)cc2)o1. The molecule has 1 aromatic carbocycles. The smallest absolute Gasteiger partial charge is 0.337 e. The van der Waals surface area contributed by atoms with Crippen molar-refractivity contribution >= 4 is 23.3 Å². The van der Waals surface area contributed by atoms with Crippen LogP contribution in [0, 0.1) is 0 Å². The fourth-order valence-electron chi connectivity index (χ4n) is 3.61. The van der Waals surface area contributed by atoms with Gasteiger partial charge in [-0.05, 0) is 55.5 Å². The molecule has 0 amide bonds. The van der Waals surface area contributed by atoms with Crippen LogP contribution >= 0.6 is 12.2 Å². The number of thiocarbonyl (C=S) groups is 1. The Labute approximate surface area is 174 Å². The van der Waals surface area contributed by atoms with Crippen LogP contribution < -0.4 is 5.32 Å². The predicted octanol–water partition coefficient (Wildman–Crippen LogP) is 4.12. The van der Waals surface area contributed by atoms with Crippen molar-refractivity contribution < 1.29 is 13.9 Å². The molecule has 0 unspecified atom stereocenters. The summed E-state index contributed by atoms with van der Waals surface area (Å²) < 4.78 is 11.0. The van der Waals surface area contributed by atoms with Gasteiger partial charge < -0.3 is 19.4 Å². The Hall–Kier alpha value is -3.19. The van der Waals surface area contributed by atoms with Crippen LogP contribution in [0.15, 0.2) is 65.2 Å². The Balaban J connectivity index is 1.66. The van der Waals surface area contributed by atoms with E-state index in [1.54, 1.807) is 18.3 Å². The number of aromatic nitrogens is 1. The summed E-state index contributed by atoms with van der Waals surface area (Å²) in [5.74, 6) is 1.17. The van der Waals surface area contributed by atoms with E-state index in [0.717, 1.165) is 29.3 Å². The molecular formula is C22H21N3O3S. The minimum Gasteiger partial charge on any atom is -0.465 e. The van der Waals surface area contributed by atoms with Crippen molar-refractivity contribution in [3.8, 4) is 11.3 Å². The lowest BCUT2D eigenvalue weighted by atomic mass is 10.0. The number of nitrogens with zero attached hydrogens (tertiary/aromatic N) is 2. The molecule has 0 saturated carbocycles. The van der Waals surface area contributed by atoms with Gasteiger partial charge >= 0.3 is 5.97 Å². The molecular weight excluding hydrogens is 386 g/mol. The Morgan fingerprint density at radius 3 is 2.66 bits per heavy atom. The number of likely N-dealkylation sites (N-methyl/N-ethyl adjacent to an activating group) is 1. The summed E-state index contributed by atoms with van der Waals surface area (Å²) in [5, 5.41) is 4.07. The summed E-state index contributed by atoms with van der Waals surface area (Å²) in [6.07, 6.45) is 1.78. The van der Waals surface area contributed by atoms with E-state index in [4.69, 9.17) is 21.4 Å². The fourth-order valence-corrected chi connectivity index (χ4v) is 3.98. The number of hydrogen-bond donors (Lipinski definition) is 1. The molecule has 148 valence electrons. The molecule has 3 heterocycles. The molecule has 1 fully saturated rings. The van der Waals surface area contributed by atoms with Gasteiger partial charge in [-0.3, -0.25) is 4.98 Å². The molecule has 29 heavy (non-hydrogen) atoms. The quantitative estimate of drug-likeness (QED) is 0.504. The van der Waals surface area contributed by atoms with Crippen molar-refractivity contribution in [2.45, 2.75) is 19.0 Å². The Kier molecular flexibility index (Phi) is 5.31. The summed E-state index contributed by atoms with van der Waals surface area (Å²) >= 11 is 5.55. The number of nitrogens with one attached hydrogen (secondary N) is 1. The van der Waals surface area contributed by atoms with Crippen LogP contribution in [0.2, 0.25) is 0 Å². The molecule has 7 heteroatoms. The number of hydrogen-bond acceptors (Lipinski definition) is 5. The van der Waals surface area contributed by atoms with E-state index >= 15 is 0 Å². The van der Waals surface area contributed by atoms with Crippen LogP contribution in [0.5, 0.6) is 0 Å². The predicted molar refractivity (Wildman–Crippen MR) is 113 cm³/mol. The number of esters is 1. The second-order valence-electron chi connectivity index (χ2n) is 6.68. The summed E-state index contributed by atoms with van der Waals surface area (Å²) in [7, 11) is 1.37. The van der Waals surface area contributed by atoms with E-state index in [1.165, 1.54) is 7.11 Å². The number of pyridine rings is 1. The van der Waals surface area contributed by atoms with Gasteiger partial charge in [0.15, 0.2) is 5.11 Å². The summed E-state index contributed by atoms with van der Waals surface area (Å²) in [6, 6.07) is 16.7. The second kappa shape index (κ2) is 8.05. The maximum atomic E-state index is 11.6. The molecule has 2 atom stereocenters. The van der Waals surface area contributed by atoms with Gasteiger partial charge in [0.1, 0.15) is 17.6 Å². The van der Waals surface area contributed by atoms with Gasteiger partial charge in [0, 0.05) is 18.3 Å². The number of rotatable bonds is 5. The first-order valence-electron chi connectivity index (χ1n) is 9.39. The first-order valence-corrected chi connectivity index (χ1v) is 9.79. The van der Waals surface area contributed by atoms with Crippen LogP contribution in [0.4, 0.5) is 0 Å². The van der Waals surface area contributed by atoms with Crippen molar-refractivity contribution in [2.75, 3.05) is 13.7 Å². The zero-order valence-electron chi connectivity index (χ0n) is 16.2. The summed E-state index contributed by atoms with van der Waals surface area (Å²) in [4.78, 5) is 18.2. The fraction of sp³-hybridized carbons (Fsp3) is 0.227. The summed E-state index contributed by atoms with van der Waals surface area (Å²) in [5.41, 5.74) is 2.30. The molecule has 1 aliphatic rings. The molecule has 0 aliphatic carbocycles. The normalized spacial score (nSPS) is 18.6. The highest BCUT2D eigenvalue weighted by atomic mass is 32.1. The molecule has 0 radical (unpaired) electrons. The highest BCUT2D eigenvalue weighted by Crippen LogP contribution is 2.40. The molecule has 6 nitrogen and oxygen atoms in total. The van der Waals surface area contributed by atoms with E-state index in [0.29, 0.717) is 10.7 Å². The van der Waals surface area contributed by atoms with Crippen molar-refractivity contribution in [2.24, 2.45) is 0 Å². The average molecular weight is 407 g/mol. The van der Waals surface area contributed by atoms with Gasteiger partial charge in [0.2, 0.25) is 0 Å². The second-order valence-corrected chi connectivity index (χ2v) is 7.07. The van der Waals surface area contributed by atoms with Crippen LogP contribution in [0.3, 0.4) is 0 Å². The van der Waals surface area contributed by atoms with Crippen LogP contribution in [-0.2, 0) is 4.74 Å². The first kappa shape index (κ1) is 19.1. The van der Waals surface area contributed by atoms with Gasteiger partial charge in [0.25, 0.3) is 0 Å². The number of benzene rings is 1. The van der Waals surface area contributed by atoms with E-state index in [-0.39, 0.29) is 18.1 Å². The van der Waals surface area contributed by atoms with E-state index < -0.39 is 0 Å². The van der Waals surface area contributed by atoms with Gasteiger partial charge in [-0.2, -0.15) is 0 Å². The van der Waals surface area contributed by atoms with Crippen molar-refractivity contribution in [1.82, 2.24) is 15.2 Å². The van der Waals surface area contributed by atoms with Gasteiger partial charge in [-0.25, -0.2) is 4.79 Å². The van der Waals surface area contributed by atoms with Gasteiger partial charge in [-0.15, -0.1) is 0 Å². The lowest BCUT2D eigenvalue weighted by Gasteiger charge is -2.24. The first-order chi connectivity index (χ1) is 14.1. The van der Waals surface area contributed by atoms with Gasteiger partial charge in [0.05, 0.1) is 24.4 Å². The lowest BCUT2D eigenvalue weighted by molar-refractivity contribution is 0.0600. The topological polar surface area (TPSA) is 67.6 Å². The van der Waals surface area contributed by atoms with Crippen LogP contribution in [-0.4, -0.2) is 34.6 Å². The van der Waals surface area contributed by atoms with Crippen LogP contribution in [0.25, 0.3) is 11.3 Å². The molecule has 3 aromatic rings. The van der Waals surface area contributed by atoms with Crippen molar-refractivity contribution in [1.29, 1.82) is 0 Å². The average Bonchev–Trinajstić information content (AvgIpc) is 3.38. The van der Waals surface area contributed by atoms with Crippen molar-refractivity contribution in [3.05, 3.63) is 77.8 Å². The Morgan fingerprint density at radius 2 is 2.00 bits per heavy atom. The maximum Gasteiger partial charge on any atom is 0.337 e. The molecule has 1 saturated heterocycles. The lowest BCUT2D eigenvalue weighted by Crippen LogP contribution is -2.29. The van der Waals surface area contributed by atoms with Crippen LogP contribution in [0.1, 0.15) is 40.8 Å². The number of carbonyl (C=O) groups excluding carboxylic acids is 1. The molecule has 1 N–H and O–H groups in total. The minimum atomic E-state index is -0.362. The standard InChI is InChI=1S/C22H21N3O3S/c1-3-25-20(19(24-22(25)29)16-6-4-5-13-23-16)18-12-11-17(28-18)14-7-9-15(10-8-14)21(26)27-2/h4-13,19-20H,3H2,1-2H3,(H,24,29)/t19-,20+/m1/s1. The molecule has 4 rings (SSSR count). The number of ether oxygens (including phenoxy) is 1. The Bertz CT molecular complexity index is 1020. The number of carbonyl (C=O) groups is 1. The van der Waals surface area contributed by atoms with E-state index in [2.05, 4.69) is 22.1 Å². The monoisotopic (exact) mass is 407 g/mol.